The molecule has 1 aromatic carbocycles. The van der Waals surface area contributed by atoms with E-state index in [1.165, 1.54) is 4.31 Å². The SMILES string of the molecule is CCN(Cc1ccc2c(c1)OCO2)S(=O)(=O)C[C@H]1CCCCO1. The van der Waals surface area contributed by atoms with Crippen LogP contribution in [0.1, 0.15) is 31.7 Å². The molecule has 6 nitrogen and oxygen atoms in total. The van der Waals surface area contributed by atoms with Crippen molar-refractivity contribution in [2.24, 2.45) is 0 Å². The molecule has 0 aromatic heterocycles. The third kappa shape index (κ3) is 3.97. The summed E-state index contributed by atoms with van der Waals surface area (Å²) in [6.45, 7) is 3.50. The Labute approximate surface area is 137 Å². The minimum Gasteiger partial charge on any atom is -0.454 e. The second-order valence-corrected chi connectivity index (χ2v) is 7.89. The first-order valence-electron chi connectivity index (χ1n) is 8.06. The highest BCUT2D eigenvalue weighted by molar-refractivity contribution is 7.89. The maximum Gasteiger partial charge on any atom is 0.231 e. The quantitative estimate of drug-likeness (QED) is 0.793. The first-order valence-corrected chi connectivity index (χ1v) is 9.67. The van der Waals surface area contributed by atoms with Gasteiger partial charge < -0.3 is 14.2 Å². The third-order valence-corrected chi connectivity index (χ3v) is 6.18. The van der Waals surface area contributed by atoms with Crippen molar-refractivity contribution in [3.8, 4) is 11.5 Å². The Balaban J connectivity index is 1.68. The van der Waals surface area contributed by atoms with Crippen LogP contribution >= 0.6 is 0 Å². The maximum absolute atomic E-state index is 12.7. The molecule has 2 aliphatic rings. The Kier molecular flexibility index (Phi) is 5.08. The van der Waals surface area contributed by atoms with Crippen molar-refractivity contribution >= 4 is 10.0 Å². The van der Waals surface area contributed by atoms with Crippen LogP contribution in [0.3, 0.4) is 0 Å². The van der Waals surface area contributed by atoms with Gasteiger partial charge in [0.1, 0.15) is 0 Å². The molecule has 0 saturated carbocycles. The number of hydrogen-bond donors (Lipinski definition) is 0. The van der Waals surface area contributed by atoms with Gasteiger partial charge in [0.15, 0.2) is 11.5 Å². The van der Waals surface area contributed by atoms with E-state index < -0.39 is 10.0 Å². The number of sulfonamides is 1. The van der Waals surface area contributed by atoms with E-state index in [-0.39, 0.29) is 18.6 Å². The van der Waals surface area contributed by atoms with E-state index in [1.807, 2.05) is 25.1 Å². The number of ether oxygens (including phenoxy) is 3. The highest BCUT2D eigenvalue weighted by atomic mass is 32.2. The zero-order chi connectivity index (χ0) is 16.3. The highest BCUT2D eigenvalue weighted by Crippen LogP contribution is 2.33. The summed E-state index contributed by atoms with van der Waals surface area (Å²) in [4.78, 5) is 0. The van der Waals surface area contributed by atoms with E-state index in [0.29, 0.717) is 31.2 Å². The molecule has 0 unspecified atom stereocenters. The molecule has 0 amide bonds. The standard InChI is InChI=1S/C16H23NO5S/c1-2-17(23(18,19)11-14-5-3-4-8-20-14)10-13-6-7-15-16(9-13)22-12-21-15/h6-7,9,14H,2-5,8,10-12H2,1H3/t14-/m1/s1. The van der Waals surface area contributed by atoms with Gasteiger partial charge in [0, 0.05) is 19.7 Å². The van der Waals surface area contributed by atoms with Crippen LogP contribution in [0.25, 0.3) is 0 Å². The molecule has 128 valence electrons. The number of rotatable bonds is 6. The Hall–Kier alpha value is -1.31. The third-order valence-electron chi connectivity index (χ3n) is 4.21. The normalized spacial score (nSPS) is 20.9. The number of benzene rings is 1. The Morgan fingerprint density at radius 2 is 2.04 bits per heavy atom. The van der Waals surface area contributed by atoms with E-state index in [4.69, 9.17) is 14.2 Å². The summed E-state index contributed by atoms with van der Waals surface area (Å²) in [6.07, 6.45) is 2.69. The Morgan fingerprint density at radius 1 is 1.22 bits per heavy atom. The summed E-state index contributed by atoms with van der Waals surface area (Å²) < 4.78 is 43.0. The van der Waals surface area contributed by atoms with Crippen molar-refractivity contribution in [2.45, 2.75) is 38.8 Å². The molecule has 0 aliphatic carbocycles. The molecule has 1 fully saturated rings. The Morgan fingerprint density at radius 3 is 2.78 bits per heavy atom. The number of hydrogen-bond acceptors (Lipinski definition) is 5. The van der Waals surface area contributed by atoms with Crippen LogP contribution in [-0.4, -0.2) is 44.5 Å². The predicted octanol–water partition coefficient (Wildman–Crippen LogP) is 2.14. The van der Waals surface area contributed by atoms with Gasteiger partial charge in [0.25, 0.3) is 0 Å². The summed E-state index contributed by atoms with van der Waals surface area (Å²) >= 11 is 0. The summed E-state index contributed by atoms with van der Waals surface area (Å²) in [5.41, 5.74) is 0.893. The van der Waals surface area contributed by atoms with Gasteiger partial charge >= 0.3 is 0 Å². The van der Waals surface area contributed by atoms with Crippen LogP contribution < -0.4 is 9.47 Å². The van der Waals surface area contributed by atoms with Gasteiger partial charge in [0.2, 0.25) is 16.8 Å². The molecule has 23 heavy (non-hydrogen) atoms. The lowest BCUT2D eigenvalue weighted by atomic mass is 10.1. The lowest BCUT2D eigenvalue weighted by molar-refractivity contribution is 0.0298. The van der Waals surface area contributed by atoms with Crippen LogP contribution in [-0.2, 0) is 21.3 Å². The molecule has 2 aliphatic heterocycles. The summed E-state index contributed by atoms with van der Waals surface area (Å²) in [6, 6.07) is 5.54. The van der Waals surface area contributed by atoms with E-state index >= 15 is 0 Å². The zero-order valence-electron chi connectivity index (χ0n) is 13.4. The van der Waals surface area contributed by atoms with Gasteiger partial charge in [-0.05, 0) is 37.0 Å². The molecule has 7 heteroatoms. The van der Waals surface area contributed by atoms with Gasteiger partial charge in [-0.15, -0.1) is 0 Å². The molecule has 2 heterocycles. The van der Waals surface area contributed by atoms with Crippen LogP contribution in [0, 0.1) is 0 Å². The van der Waals surface area contributed by atoms with Gasteiger partial charge in [-0.2, -0.15) is 4.31 Å². The lowest BCUT2D eigenvalue weighted by Gasteiger charge is -2.26. The van der Waals surface area contributed by atoms with Crippen molar-refractivity contribution in [1.29, 1.82) is 0 Å². The maximum atomic E-state index is 12.7. The molecule has 1 atom stereocenters. The summed E-state index contributed by atoms with van der Waals surface area (Å²) in [7, 11) is -3.35. The fourth-order valence-corrected chi connectivity index (χ4v) is 4.61. The number of fused-ring (bicyclic) bond motifs is 1. The molecule has 0 radical (unpaired) electrons. The van der Waals surface area contributed by atoms with E-state index in [1.54, 1.807) is 0 Å². The van der Waals surface area contributed by atoms with Crippen LogP contribution in [0.4, 0.5) is 0 Å². The van der Waals surface area contributed by atoms with Crippen LogP contribution in [0.5, 0.6) is 11.5 Å². The summed E-state index contributed by atoms with van der Waals surface area (Å²) in [5.74, 6) is 1.44. The second kappa shape index (κ2) is 7.07. The molecule has 0 bridgehead atoms. The van der Waals surface area contributed by atoms with Crippen LogP contribution in [0.15, 0.2) is 18.2 Å². The van der Waals surface area contributed by atoms with Gasteiger partial charge in [0.05, 0.1) is 11.9 Å². The monoisotopic (exact) mass is 341 g/mol. The molecule has 1 aromatic rings. The molecule has 1 saturated heterocycles. The van der Waals surface area contributed by atoms with Crippen molar-refractivity contribution in [3.05, 3.63) is 23.8 Å². The lowest BCUT2D eigenvalue weighted by Crippen LogP contribution is -2.38. The topological polar surface area (TPSA) is 65.1 Å². The van der Waals surface area contributed by atoms with Crippen molar-refractivity contribution < 1.29 is 22.6 Å². The fourth-order valence-electron chi connectivity index (χ4n) is 2.93. The minimum atomic E-state index is -3.35. The van der Waals surface area contributed by atoms with Gasteiger partial charge in [-0.3, -0.25) is 0 Å². The minimum absolute atomic E-state index is 0.0609. The fraction of sp³-hybridized carbons (Fsp3) is 0.625. The average molecular weight is 341 g/mol. The van der Waals surface area contributed by atoms with Crippen molar-refractivity contribution in [1.82, 2.24) is 4.31 Å². The van der Waals surface area contributed by atoms with E-state index in [0.717, 1.165) is 24.8 Å². The molecule has 0 spiro atoms. The van der Waals surface area contributed by atoms with E-state index in [9.17, 15) is 8.42 Å². The van der Waals surface area contributed by atoms with Crippen molar-refractivity contribution in [2.75, 3.05) is 25.7 Å². The van der Waals surface area contributed by atoms with Gasteiger partial charge in [-0.1, -0.05) is 13.0 Å². The molecule has 3 rings (SSSR count). The molecular weight excluding hydrogens is 318 g/mol. The Bertz CT molecular complexity index is 640. The average Bonchev–Trinajstić information content (AvgIpc) is 3.00. The summed E-state index contributed by atoms with van der Waals surface area (Å²) in [5, 5.41) is 0. The van der Waals surface area contributed by atoms with Crippen molar-refractivity contribution in [3.63, 3.8) is 0 Å². The van der Waals surface area contributed by atoms with E-state index in [2.05, 4.69) is 0 Å². The largest absolute Gasteiger partial charge is 0.454 e. The smallest absolute Gasteiger partial charge is 0.231 e. The number of nitrogens with zero attached hydrogens (tertiary/aromatic N) is 1. The first-order chi connectivity index (χ1) is 11.1. The zero-order valence-corrected chi connectivity index (χ0v) is 14.2. The molecule has 0 N–H and O–H groups in total. The molecular formula is C16H23NO5S. The highest BCUT2D eigenvalue weighted by Gasteiger charge is 2.27. The first kappa shape index (κ1) is 16.5. The predicted molar refractivity (Wildman–Crippen MR) is 86.0 cm³/mol. The van der Waals surface area contributed by atoms with Gasteiger partial charge in [-0.25, -0.2) is 8.42 Å². The van der Waals surface area contributed by atoms with Crippen LogP contribution in [0.2, 0.25) is 0 Å². The second-order valence-electron chi connectivity index (χ2n) is 5.88.